The lowest BCUT2D eigenvalue weighted by Gasteiger charge is -2.17. The molecule has 0 aromatic carbocycles. The number of amides is 1. The number of aromatic nitrogens is 1. The summed E-state index contributed by atoms with van der Waals surface area (Å²) in [6, 6.07) is 0. The van der Waals surface area contributed by atoms with Crippen LogP contribution in [0, 0.1) is 0 Å². The number of aryl methyl sites for hydroxylation is 1. The maximum Gasteiger partial charge on any atom is 0.323 e. The van der Waals surface area contributed by atoms with E-state index in [0.29, 0.717) is 6.54 Å². The molecule has 0 radical (unpaired) electrons. The van der Waals surface area contributed by atoms with Gasteiger partial charge in [0.05, 0.1) is 11.6 Å². The van der Waals surface area contributed by atoms with Gasteiger partial charge in [0.15, 0.2) is 0 Å². The van der Waals surface area contributed by atoms with Gasteiger partial charge in [-0.15, -0.1) is 11.3 Å². The van der Waals surface area contributed by atoms with Gasteiger partial charge in [-0.2, -0.15) is 0 Å². The Morgan fingerprint density at radius 3 is 2.69 bits per heavy atom. The highest BCUT2D eigenvalue weighted by atomic mass is 32.1. The molecule has 0 saturated heterocycles. The number of carbonyl (C=O) groups excluding carboxylic acids is 1. The molecule has 0 unspecified atom stereocenters. The van der Waals surface area contributed by atoms with Gasteiger partial charge >= 0.3 is 5.97 Å². The smallest absolute Gasteiger partial charge is 0.323 e. The van der Waals surface area contributed by atoms with Gasteiger partial charge in [0.25, 0.3) is 0 Å². The van der Waals surface area contributed by atoms with Crippen LogP contribution in [-0.4, -0.2) is 33.4 Å². The number of aliphatic carboxylic acids is 1. The number of carbonyl (C=O) groups is 2. The molecule has 1 amide bonds. The van der Waals surface area contributed by atoms with Crippen LogP contribution in [-0.2, 0) is 22.6 Å². The molecule has 0 aliphatic rings. The van der Waals surface area contributed by atoms with Crippen molar-refractivity contribution in [3.63, 3.8) is 0 Å². The van der Waals surface area contributed by atoms with Crippen molar-refractivity contribution in [3.8, 4) is 0 Å². The molecule has 5 nitrogen and oxygen atoms in total. The van der Waals surface area contributed by atoms with Gasteiger partial charge in [0, 0.05) is 18.0 Å². The molecule has 1 aromatic heterocycles. The second-order valence-corrected chi connectivity index (χ2v) is 4.54. The van der Waals surface area contributed by atoms with Crippen LogP contribution >= 0.6 is 11.3 Å². The fourth-order valence-electron chi connectivity index (χ4n) is 1.21. The summed E-state index contributed by atoms with van der Waals surface area (Å²) in [4.78, 5) is 28.1. The standard InChI is InChI=1S/C10H14N2O3S/c1-3-9-11-4-8(16-9)5-12(7(2)13)6-10(14)15/h4H,3,5-6H2,1-2H3,(H,14,15). The highest BCUT2D eigenvalue weighted by molar-refractivity contribution is 7.11. The highest BCUT2D eigenvalue weighted by Crippen LogP contribution is 2.15. The van der Waals surface area contributed by atoms with E-state index < -0.39 is 5.97 Å². The topological polar surface area (TPSA) is 70.5 Å². The minimum absolute atomic E-state index is 0.242. The summed E-state index contributed by atoms with van der Waals surface area (Å²) in [7, 11) is 0. The van der Waals surface area contributed by atoms with Gasteiger partial charge in [-0.25, -0.2) is 4.98 Å². The molecule has 0 fully saturated rings. The first-order valence-electron chi connectivity index (χ1n) is 4.93. The Bertz CT molecular complexity index is 389. The van der Waals surface area contributed by atoms with E-state index in [-0.39, 0.29) is 12.5 Å². The Hall–Kier alpha value is -1.43. The molecule has 0 spiro atoms. The second-order valence-electron chi connectivity index (χ2n) is 3.34. The van der Waals surface area contributed by atoms with Crippen molar-refractivity contribution in [2.24, 2.45) is 0 Å². The number of rotatable bonds is 5. The van der Waals surface area contributed by atoms with Crippen molar-refractivity contribution in [3.05, 3.63) is 16.1 Å². The molecule has 16 heavy (non-hydrogen) atoms. The van der Waals surface area contributed by atoms with Crippen molar-refractivity contribution in [1.29, 1.82) is 0 Å². The molecule has 1 rings (SSSR count). The van der Waals surface area contributed by atoms with E-state index in [1.807, 2.05) is 6.92 Å². The molecule has 0 aliphatic carbocycles. The van der Waals surface area contributed by atoms with Crippen LogP contribution in [0.5, 0.6) is 0 Å². The average molecular weight is 242 g/mol. The third kappa shape index (κ3) is 3.62. The number of carboxylic acids is 1. The van der Waals surface area contributed by atoms with Gasteiger partial charge < -0.3 is 10.0 Å². The van der Waals surface area contributed by atoms with Crippen molar-refractivity contribution < 1.29 is 14.7 Å². The van der Waals surface area contributed by atoms with E-state index in [2.05, 4.69) is 4.98 Å². The lowest BCUT2D eigenvalue weighted by Crippen LogP contribution is -2.33. The lowest BCUT2D eigenvalue weighted by molar-refractivity contribution is -0.144. The van der Waals surface area contributed by atoms with Gasteiger partial charge in [-0.05, 0) is 6.42 Å². The summed E-state index contributed by atoms with van der Waals surface area (Å²) in [5.41, 5.74) is 0. The third-order valence-corrected chi connectivity index (χ3v) is 3.15. The molecule has 1 heterocycles. The SMILES string of the molecule is CCc1ncc(CN(CC(=O)O)C(C)=O)s1. The number of hydrogen-bond acceptors (Lipinski definition) is 4. The summed E-state index contributed by atoms with van der Waals surface area (Å²) in [6.45, 7) is 3.42. The minimum Gasteiger partial charge on any atom is -0.480 e. The van der Waals surface area contributed by atoms with Gasteiger partial charge in [0.1, 0.15) is 6.54 Å². The third-order valence-electron chi connectivity index (χ3n) is 2.02. The van der Waals surface area contributed by atoms with E-state index >= 15 is 0 Å². The first-order valence-corrected chi connectivity index (χ1v) is 5.75. The molecule has 0 atom stereocenters. The summed E-state index contributed by atoms with van der Waals surface area (Å²) in [5, 5.41) is 9.65. The zero-order valence-electron chi connectivity index (χ0n) is 9.27. The molecular weight excluding hydrogens is 228 g/mol. The van der Waals surface area contributed by atoms with Crippen LogP contribution in [0.4, 0.5) is 0 Å². The van der Waals surface area contributed by atoms with Crippen molar-refractivity contribution in [2.75, 3.05) is 6.54 Å². The first kappa shape index (κ1) is 12.6. The molecule has 1 N–H and O–H groups in total. The Morgan fingerprint density at radius 2 is 2.25 bits per heavy atom. The summed E-state index contributed by atoms with van der Waals surface area (Å²) >= 11 is 1.51. The summed E-state index contributed by atoms with van der Waals surface area (Å²) < 4.78 is 0. The molecule has 0 aliphatic heterocycles. The van der Waals surface area contributed by atoms with Crippen molar-refractivity contribution >= 4 is 23.2 Å². The van der Waals surface area contributed by atoms with E-state index in [0.717, 1.165) is 16.3 Å². The monoisotopic (exact) mass is 242 g/mol. The fourth-order valence-corrected chi connectivity index (χ4v) is 2.09. The van der Waals surface area contributed by atoms with Crippen LogP contribution in [0.3, 0.4) is 0 Å². The van der Waals surface area contributed by atoms with Crippen LogP contribution < -0.4 is 0 Å². The maximum atomic E-state index is 11.2. The number of hydrogen-bond donors (Lipinski definition) is 1. The van der Waals surface area contributed by atoms with Gasteiger partial charge in [-0.1, -0.05) is 6.92 Å². The molecule has 1 aromatic rings. The predicted octanol–water partition coefficient (Wildman–Crippen LogP) is 1.14. The zero-order chi connectivity index (χ0) is 12.1. The quantitative estimate of drug-likeness (QED) is 0.840. The summed E-state index contributed by atoms with van der Waals surface area (Å²) in [5.74, 6) is -1.25. The number of thiazole rings is 1. The highest BCUT2D eigenvalue weighted by Gasteiger charge is 2.14. The summed E-state index contributed by atoms with van der Waals surface area (Å²) in [6.07, 6.45) is 2.55. The van der Waals surface area contributed by atoms with Gasteiger partial charge in [-0.3, -0.25) is 9.59 Å². The largest absolute Gasteiger partial charge is 0.480 e. The minimum atomic E-state index is -1.00. The van der Waals surface area contributed by atoms with Crippen LogP contribution in [0.1, 0.15) is 23.7 Å². The van der Waals surface area contributed by atoms with E-state index in [4.69, 9.17) is 5.11 Å². The van der Waals surface area contributed by atoms with E-state index in [1.165, 1.54) is 23.2 Å². The lowest BCUT2D eigenvalue weighted by atomic mass is 10.4. The normalized spacial score (nSPS) is 10.1. The number of carboxylic acid groups (broad SMARTS) is 1. The molecule has 0 bridgehead atoms. The fraction of sp³-hybridized carbons (Fsp3) is 0.500. The maximum absolute atomic E-state index is 11.2. The van der Waals surface area contributed by atoms with E-state index in [9.17, 15) is 9.59 Å². The van der Waals surface area contributed by atoms with Crippen LogP contribution in [0.25, 0.3) is 0 Å². The Morgan fingerprint density at radius 1 is 1.56 bits per heavy atom. The Labute approximate surface area is 97.7 Å². The number of nitrogens with zero attached hydrogens (tertiary/aromatic N) is 2. The molecule has 6 heteroatoms. The molecule has 88 valence electrons. The predicted molar refractivity (Wildman–Crippen MR) is 60.2 cm³/mol. The van der Waals surface area contributed by atoms with Crippen molar-refractivity contribution in [2.45, 2.75) is 26.8 Å². The average Bonchev–Trinajstić information content (AvgIpc) is 2.63. The molecule has 0 saturated carbocycles. The van der Waals surface area contributed by atoms with Gasteiger partial charge in [0.2, 0.25) is 5.91 Å². The first-order chi connectivity index (χ1) is 7.52. The van der Waals surface area contributed by atoms with Crippen LogP contribution in [0.2, 0.25) is 0 Å². The second kappa shape index (κ2) is 5.60. The molecular formula is C10H14N2O3S. The van der Waals surface area contributed by atoms with Crippen LogP contribution in [0.15, 0.2) is 6.20 Å². The van der Waals surface area contributed by atoms with Crippen molar-refractivity contribution in [1.82, 2.24) is 9.88 Å². The zero-order valence-corrected chi connectivity index (χ0v) is 10.1. The Kier molecular flexibility index (Phi) is 4.42. The van der Waals surface area contributed by atoms with E-state index in [1.54, 1.807) is 6.20 Å². The Balaban J connectivity index is 2.67.